The van der Waals surface area contributed by atoms with Crippen LogP contribution in [0, 0.1) is 0 Å². The molecular weight excluding hydrogens is 307 g/mol. The molecule has 1 aliphatic heterocycles. The van der Waals surface area contributed by atoms with Gasteiger partial charge in [-0.1, -0.05) is 12.1 Å². The van der Waals surface area contributed by atoms with Gasteiger partial charge in [-0.25, -0.2) is 0 Å². The maximum atomic E-state index is 12.3. The Morgan fingerprint density at radius 3 is 2.12 bits per heavy atom. The number of carbonyl (C=O) groups is 1. The van der Waals surface area contributed by atoms with Crippen LogP contribution in [-0.2, 0) is 24.3 Å². The van der Waals surface area contributed by atoms with E-state index in [2.05, 4.69) is 0 Å². The highest BCUT2D eigenvalue weighted by Gasteiger charge is 2.55. The first kappa shape index (κ1) is 17.3. The normalized spacial score (nSPS) is 23.0. The van der Waals surface area contributed by atoms with E-state index in [9.17, 15) is 4.79 Å². The van der Waals surface area contributed by atoms with Crippen molar-refractivity contribution in [2.75, 3.05) is 14.2 Å². The Morgan fingerprint density at radius 2 is 1.67 bits per heavy atom. The highest BCUT2D eigenvalue weighted by Crippen LogP contribution is 2.52. The van der Waals surface area contributed by atoms with Gasteiger partial charge in [0.1, 0.15) is 5.75 Å². The molecule has 0 amide bonds. The Labute approximate surface area is 143 Å². The second-order valence-corrected chi connectivity index (χ2v) is 7.62. The Bertz CT molecular complexity index is 647. The summed E-state index contributed by atoms with van der Waals surface area (Å²) in [7, 11) is 2.57. The third-order valence-corrected chi connectivity index (χ3v) is 5.59. The standard InChI is InChI=1S/C18H25BO5/c1-16(2)17(3,4)24-19(23-16)12-7-8-14(21-5)13(11-12)18(9-10-18)15(20)22-6/h7-8,11H,9-10H2,1-6H3. The first-order valence-electron chi connectivity index (χ1n) is 8.29. The number of esters is 1. The minimum Gasteiger partial charge on any atom is -0.496 e. The van der Waals surface area contributed by atoms with Crippen molar-refractivity contribution < 1.29 is 23.6 Å². The lowest BCUT2D eigenvalue weighted by molar-refractivity contribution is -0.143. The van der Waals surface area contributed by atoms with Gasteiger partial charge in [0.25, 0.3) is 0 Å². The van der Waals surface area contributed by atoms with Gasteiger partial charge in [0.05, 0.1) is 30.8 Å². The van der Waals surface area contributed by atoms with Crippen LogP contribution in [0.15, 0.2) is 18.2 Å². The zero-order valence-corrected chi connectivity index (χ0v) is 15.3. The highest BCUT2D eigenvalue weighted by atomic mass is 16.7. The van der Waals surface area contributed by atoms with Crippen LogP contribution in [0.4, 0.5) is 0 Å². The number of hydrogen-bond acceptors (Lipinski definition) is 5. The van der Waals surface area contributed by atoms with Crippen molar-refractivity contribution in [2.24, 2.45) is 0 Å². The third-order valence-electron chi connectivity index (χ3n) is 5.59. The van der Waals surface area contributed by atoms with E-state index in [0.29, 0.717) is 5.75 Å². The molecule has 1 aromatic rings. The molecule has 1 heterocycles. The van der Waals surface area contributed by atoms with Gasteiger partial charge in [-0.05, 0) is 52.1 Å². The summed E-state index contributed by atoms with van der Waals surface area (Å²) < 4.78 is 22.7. The van der Waals surface area contributed by atoms with Gasteiger partial charge >= 0.3 is 13.1 Å². The van der Waals surface area contributed by atoms with Crippen molar-refractivity contribution in [1.29, 1.82) is 0 Å². The van der Waals surface area contributed by atoms with E-state index in [-0.39, 0.29) is 5.97 Å². The van der Waals surface area contributed by atoms with Crippen LogP contribution in [0.5, 0.6) is 5.75 Å². The molecule has 0 spiro atoms. The molecule has 2 aliphatic rings. The largest absolute Gasteiger partial charge is 0.496 e. The second kappa shape index (κ2) is 5.50. The lowest BCUT2D eigenvalue weighted by Crippen LogP contribution is -2.41. The quantitative estimate of drug-likeness (QED) is 0.625. The summed E-state index contributed by atoms with van der Waals surface area (Å²) in [5.41, 5.74) is 0.331. The summed E-state index contributed by atoms with van der Waals surface area (Å²) in [5.74, 6) is 0.477. The van der Waals surface area contributed by atoms with E-state index >= 15 is 0 Å². The van der Waals surface area contributed by atoms with E-state index in [4.69, 9.17) is 18.8 Å². The summed E-state index contributed by atoms with van der Waals surface area (Å²) >= 11 is 0. The number of benzene rings is 1. The van der Waals surface area contributed by atoms with Gasteiger partial charge in [0.15, 0.2) is 0 Å². The maximum absolute atomic E-state index is 12.3. The van der Waals surface area contributed by atoms with E-state index < -0.39 is 23.7 Å². The predicted molar refractivity (Wildman–Crippen MR) is 91.6 cm³/mol. The third kappa shape index (κ3) is 2.52. The number of rotatable bonds is 4. The molecule has 5 nitrogen and oxygen atoms in total. The minimum atomic E-state index is -0.597. The fourth-order valence-corrected chi connectivity index (χ4v) is 3.13. The number of ether oxygens (including phenoxy) is 2. The topological polar surface area (TPSA) is 54.0 Å². The predicted octanol–water partition coefficient (Wildman–Crippen LogP) is 2.20. The molecule has 0 atom stereocenters. The SMILES string of the molecule is COC(=O)C1(c2cc(B3OC(C)(C)C(C)(C)O3)ccc2OC)CC1. The molecule has 6 heteroatoms. The Kier molecular flexibility index (Phi) is 3.96. The van der Waals surface area contributed by atoms with E-state index in [1.165, 1.54) is 7.11 Å². The van der Waals surface area contributed by atoms with Gasteiger partial charge < -0.3 is 18.8 Å². The maximum Gasteiger partial charge on any atom is 0.494 e. The smallest absolute Gasteiger partial charge is 0.494 e. The average Bonchev–Trinajstić information content (AvgIpc) is 3.30. The number of carbonyl (C=O) groups excluding carboxylic acids is 1. The van der Waals surface area contributed by atoms with Gasteiger partial charge in [-0.15, -0.1) is 0 Å². The zero-order valence-electron chi connectivity index (χ0n) is 15.3. The Morgan fingerprint density at radius 1 is 1.08 bits per heavy atom. The molecule has 0 unspecified atom stereocenters. The molecule has 3 rings (SSSR count). The van der Waals surface area contributed by atoms with Crippen molar-refractivity contribution in [3.05, 3.63) is 23.8 Å². The highest BCUT2D eigenvalue weighted by molar-refractivity contribution is 6.62. The van der Waals surface area contributed by atoms with Crippen molar-refractivity contribution in [3.63, 3.8) is 0 Å². The lowest BCUT2D eigenvalue weighted by Gasteiger charge is -2.32. The molecule has 1 aliphatic carbocycles. The van der Waals surface area contributed by atoms with Gasteiger partial charge in [-0.2, -0.15) is 0 Å². The van der Waals surface area contributed by atoms with Crippen molar-refractivity contribution in [1.82, 2.24) is 0 Å². The van der Waals surface area contributed by atoms with E-state index in [1.54, 1.807) is 7.11 Å². The molecule has 130 valence electrons. The van der Waals surface area contributed by atoms with Gasteiger partial charge in [0, 0.05) is 5.56 Å². The Balaban J connectivity index is 1.98. The van der Waals surface area contributed by atoms with E-state index in [0.717, 1.165) is 23.9 Å². The van der Waals surface area contributed by atoms with Crippen LogP contribution in [0.25, 0.3) is 0 Å². The average molecular weight is 332 g/mol. The molecule has 1 saturated heterocycles. The zero-order chi connectivity index (χ0) is 17.8. The summed E-state index contributed by atoms with van der Waals surface area (Å²) in [5, 5.41) is 0. The first-order valence-corrected chi connectivity index (χ1v) is 8.29. The van der Waals surface area contributed by atoms with Crippen LogP contribution in [-0.4, -0.2) is 38.5 Å². The monoisotopic (exact) mass is 332 g/mol. The summed E-state index contributed by atoms with van der Waals surface area (Å²) in [4.78, 5) is 12.3. The van der Waals surface area contributed by atoms with Crippen molar-refractivity contribution in [2.45, 2.75) is 57.2 Å². The van der Waals surface area contributed by atoms with Gasteiger partial charge in [-0.3, -0.25) is 4.79 Å². The second-order valence-electron chi connectivity index (χ2n) is 7.62. The first-order chi connectivity index (χ1) is 11.2. The molecule has 0 aromatic heterocycles. The number of hydrogen-bond donors (Lipinski definition) is 0. The summed E-state index contributed by atoms with van der Waals surface area (Å²) in [6.45, 7) is 8.09. The molecular formula is C18H25BO5. The fraction of sp³-hybridized carbons (Fsp3) is 0.611. The van der Waals surface area contributed by atoms with Gasteiger partial charge in [0.2, 0.25) is 0 Å². The Hall–Kier alpha value is -1.53. The molecule has 0 N–H and O–H groups in total. The van der Waals surface area contributed by atoms with E-state index in [1.807, 2.05) is 45.9 Å². The molecule has 0 radical (unpaired) electrons. The van der Waals surface area contributed by atoms with Crippen LogP contribution in [0.3, 0.4) is 0 Å². The van der Waals surface area contributed by atoms with Crippen LogP contribution in [0.2, 0.25) is 0 Å². The molecule has 0 bridgehead atoms. The van der Waals surface area contributed by atoms with Crippen LogP contribution < -0.4 is 10.2 Å². The molecule has 1 aromatic carbocycles. The minimum absolute atomic E-state index is 0.216. The van der Waals surface area contributed by atoms with Crippen LogP contribution in [0.1, 0.15) is 46.1 Å². The summed E-state index contributed by atoms with van der Waals surface area (Å²) in [6, 6.07) is 5.77. The molecule has 1 saturated carbocycles. The van der Waals surface area contributed by atoms with Crippen molar-refractivity contribution >= 4 is 18.6 Å². The summed E-state index contributed by atoms with van der Waals surface area (Å²) in [6.07, 6.45) is 1.53. The van der Waals surface area contributed by atoms with Crippen LogP contribution >= 0.6 is 0 Å². The lowest BCUT2D eigenvalue weighted by atomic mass is 9.76. The van der Waals surface area contributed by atoms with Crippen molar-refractivity contribution in [3.8, 4) is 5.75 Å². The molecule has 24 heavy (non-hydrogen) atoms. The fourth-order valence-electron chi connectivity index (χ4n) is 3.13. The number of methoxy groups -OCH3 is 2. The molecule has 2 fully saturated rings.